The number of H-pyrrole nitrogens is 1. The minimum absolute atomic E-state index is 0.00351. The third kappa shape index (κ3) is 5.10. The maximum atomic E-state index is 13.0. The minimum atomic E-state index is -0.668. The molecule has 1 atom stereocenters. The van der Waals surface area contributed by atoms with E-state index in [0.29, 0.717) is 0 Å². The zero-order valence-electron chi connectivity index (χ0n) is 17.7. The molecule has 5 N–H and O–H groups in total. The molecule has 162 valence electrons. The number of carbonyl (C=O) groups excluding carboxylic acids is 1. The highest BCUT2D eigenvalue weighted by Crippen LogP contribution is 2.17. The van der Waals surface area contributed by atoms with E-state index in [0.717, 1.165) is 11.1 Å². The normalized spacial score (nSPS) is 11.8. The molecule has 31 heavy (non-hydrogen) atoms. The predicted octanol–water partition coefficient (Wildman–Crippen LogP) is 0.845. The fraction of sp³-hybridized carbons (Fsp3) is 0.261. The molecule has 0 aliphatic heterocycles. The molecule has 0 radical (unpaired) electrons. The van der Waals surface area contributed by atoms with Crippen LogP contribution in [0.1, 0.15) is 31.0 Å². The maximum Gasteiger partial charge on any atom is 0.330 e. The second-order valence-corrected chi connectivity index (χ2v) is 7.34. The van der Waals surface area contributed by atoms with Crippen molar-refractivity contribution in [2.45, 2.75) is 26.4 Å². The average Bonchev–Trinajstić information content (AvgIpc) is 2.78. The van der Waals surface area contributed by atoms with Gasteiger partial charge < -0.3 is 11.1 Å². The number of hydrogen-bond donors (Lipinski definition) is 3. The molecule has 0 aliphatic rings. The van der Waals surface area contributed by atoms with Gasteiger partial charge in [0.25, 0.3) is 11.5 Å². The van der Waals surface area contributed by atoms with Crippen LogP contribution in [-0.2, 0) is 11.3 Å². The molecule has 0 bridgehead atoms. The van der Waals surface area contributed by atoms with Gasteiger partial charge in [-0.05, 0) is 19.4 Å². The van der Waals surface area contributed by atoms with Crippen molar-refractivity contribution < 1.29 is 10.1 Å². The van der Waals surface area contributed by atoms with Crippen LogP contribution in [0.5, 0.6) is 0 Å². The summed E-state index contributed by atoms with van der Waals surface area (Å²) >= 11 is 0. The van der Waals surface area contributed by atoms with Crippen molar-refractivity contribution in [3.8, 4) is 0 Å². The van der Waals surface area contributed by atoms with Crippen molar-refractivity contribution >= 4 is 17.4 Å². The number of nitrogens with two attached hydrogens (primary N) is 2. The molecule has 1 aromatic heterocycles. The highest BCUT2D eigenvalue weighted by molar-refractivity contribution is 5.96. The predicted molar refractivity (Wildman–Crippen MR) is 121 cm³/mol. The number of aromatic nitrogens is 2. The van der Waals surface area contributed by atoms with Crippen LogP contribution in [0.2, 0.25) is 0 Å². The molecule has 2 aromatic carbocycles. The molecule has 0 saturated heterocycles. The van der Waals surface area contributed by atoms with Crippen LogP contribution in [0.3, 0.4) is 0 Å². The summed E-state index contributed by atoms with van der Waals surface area (Å²) in [6, 6.07) is 19.2. The summed E-state index contributed by atoms with van der Waals surface area (Å²) in [7, 11) is 0. The zero-order chi connectivity index (χ0) is 22.4. The standard InChI is InChI=1S/C23H27N5O3/c1-3-27(19(29)14-25-16(2)18-12-8-5-9-13-18)20-21(24)28(23(31)26-22(20)30)15-17-10-6-4-7-11-17/h4-13,16,25H,3,14-15,24H2,1-2H3,(H,26,30,31)/p+1/t16-/m0/s1. The number of nitrogens with one attached hydrogen (secondary N) is 1. The van der Waals surface area contributed by atoms with Crippen molar-refractivity contribution in [1.29, 1.82) is 0 Å². The number of likely N-dealkylation sites (N-methyl/N-ethyl adjacent to an activating group) is 1. The lowest BCUT2D eigenvalue weighted by atomic mass is 10.1. The van der Waals surface area contributed by atoms with Crippen LogP contribution in [0.25, 0.3) is 0 Å². The van der Waals surface area contributed by atoms with Crippen LogP contribution in [0, 0.1) is 0 Å². The number of nitrogen functional groups attached to an aromatic ring is 1. The molecule has 0 unspecified atom stereocenters. The molecule has 8 heteroatoms. The van der Waals surface area contributed by atoms with Crippen LogP contribution in [-0.4, -0.2) is 28.5 Å². The summed E-state index contributed by atoms with van der Waals surface area (Å²) in [4.78, 5) is 41.6. The highest BCUT2D eigenvalue weighted by Gasteiger charge is 2.24. The van der Waals surface area contributed by atoms with E-state index < -0.39 is 11.2 Å². The van der Waals surface area contributed by atoms with Crippen molar-refractivity contribution in [2.24, 2.45) is 0 Å². The number of benzene rings is 2. The van der Waals surface area contributed by atoms with E-state index in [9.17, 15) is 14.4 Å². The molecular formula is C23H28N5O3+. The summed E-state index contributed by atoms with van der Waals surface area (Å²) in [5, 5.41) is 1.91. The number of hydrogen-bond acceptors (Lipinski definition) is 4. The summed E-state index contributed by atoms with van der Waals surface area (Å²) in [5.41, 5.74) is 6.92. The average molecular weight is 423 g/mol. The highest BCUT2D eigenvalue weighted by atomic mass is 16.2. The first-order valence-electron chi connectivity index (χ1n) is 10.3. The fourth-order valence-corrected chi connectivity index (χ4v) is 3.50. The Morgan fingerprint density at radius 2 is 1.71 bits per heavy atom. The molecule has 1 heterocycles. The van der Waals surface area contributed by atoms with Gasteiger partial charge in [-0.15, -0.1) is 0 Å². The number of aromatic amines is 1. The lowest BCUT2D eigenvalue weighted by molar-refractivity contribution is -0.682. The van der Waals surface area contributed by atoms with Crippen LogP contribution >= 0.6 is 0 Å². The van der Waals surface area contributed by atoms with Gasteiger partial charge in [0, 0.05) is 12.1 Å². The van der Waals surface area contributed by atoms with Gasteiger partial charge in [0.15, 0.2) is 12.2 Å². The number of amides is 1. The lowest BCUT2D eigenvalue weighted by Gasteiger charge is -2.23. The number of rotatable bonds is 8. The minimum Gasteiger partial charge on any atom is -0.383 e. The van der Waals surface area contributed by atoms with Crippen molar-refractivity contribution in [2.75, 3.05) is 23.7 Å². The van der Waals surface area contributed by atoms with Gasteiger partial charge in [0.1, 0.15) is 11.9 Å². The van der Waals surface area contributed by atoms with E-state index in [1.165, 1.54) is 9.47 Å². The molecule has 0 aliphatic carbocycles. The Morgan fingerprint density at radius 3 is 2.32 bits per heavy atom. The van der Waals surface area contributed by atoms with Gasteiger partial charge in [0.2, 0.25) is 0 Å². The van der Waals surface area contributed by atoms with Gasteiger partial charge in [-0.3, -0.25) is 24.0 Å². The largest absolute Gasteiger partial charge is 0.383 e. The van der Waals surface area contributed by atoms with Gasteiger partial charge >= 0.3 is 5.69 Å². The van der Waals surface area contributed by atoms with Crippen LogP contribution < -0.4 is 27.2 Å². The Labute approximate surface area is 180 Å². The van der Waals surface area contributed by atoms with Crippen LogP contribution in [0.4, 0.5) is 11.5 Å². The summed E-state index contributed by atoms with van der Waals surface area (Å²) in [6.45, 7) is 4.37. The molecule has 0 spiro atoms. The maximum absolute atomic E-state index is 13.0. The van der Waals surface area contributed by atoms with Crippen LogP contribution in [0.15, 0.2) is 70.3 Å². The van der Waals surface area contributed by atoms with Crippen molar-refractivity contribution in [3.63, 3.8) is 0 Å². The summed E-state index contributed by atoms with van der Waals surface area (Å²) in [6.07, 6.45) is 0. The SMILES string of the molecule is CCN(C(=O)C[NH2+][C@@H](C)c1ccccc1)c1c(N)n(Cc2ccccc2)c(=O)[nH]c1=O. The fourth-order valence-electron chi connectivity index (χ4n) is 3.50. The smallest absolute Gasteiger partial charge is 0.330 e. The van der Waals surface area contributed by atoms with Crippen molar-refractivity contribution in [3.05, 3.63) is 92.6 Å². The molecule has 0 saturated carbocycles. The summed E-state index contributed by atoms with van der Waals surface area (Å²) in [5.74, 6) is -0.281. The monoisotopic (exact) mass is 422 g/mol. The molecule has 8 nitrogen and oxygen atoms in total. The topological polar surface area (TPSA) is 118 Å². The van der Waals surface area contributed by atoms with E-state index >= 15 is 0 Å². The number of carbonyl (C=O) groups is 1. The quantitative estimate of drug-likeness (QED) is 0.499. The third-order valence-electron chi connectivity index (χ3n) is 5.26. The van der Waals surface area contributed by atoms with E-state index in [4.69, 9.17) is 5.73 Å². The number of anilines is 2. The Morgan fingerprint density at radius 1 is 1.10 bits per heavy atom. The Kier molecular flexibility index (Phi) is 7.04. The Hall–Kier alpha value is -3.65. The van der Waals surface area contributed by atoms with Gasteiger partial charge in [0.05, 0.1) is 6.54 Å². The number of quaternary nitrogens is 1. The van der Waals surface area contributed by atoms with E-state index in [-0.39, 0.29) is 43.1 Å². The third-order valence-corrected chi connectivity index (χ3v) is 5.26. The van der Waals surface area contributed by atoms with E-state index in [1.54, 1.807) is 6.92 Å². The van der Waals surface area contributed by atoms with Gasteiger partial charge in [-0.1, -0.05) is 60.7 Å². The first-order chi connectivity index (χ1) is 14.9. The summed E-state index contributed by atoms with van der Waals surface area (Å²) < 4.78 is 1.28. The molecule has 0 fully saturated rings. The van der Waals surface area contributed by atoms with E-state index in [1.807, 2.05) is 72.9 Å². The molecule has 3 rings (SSSR count). The molecular weight excluding hydrogens is 394 g/mol. The molecule has 3 aromatic rings. The first kappa shape index (κ1) is 22.0. The second kappa shape index (κ2) is 9.90. The zero-order valence-corrected chi connectivity index (χ0v) is 17.7. The Bertz CT molecular complexity index is 1140. The van der Waals surface area contributed by atoms with E-state index in [2.05, 4.69) is 4.98 Å². The first-order valence-corrected chi connectivity index (χ1v) is 10.3. The van der Waals surface area contributed by atoms with Crippen molar-refractivity contribution in [1.82, 2.24) is 9.55 Å². The molecule has 1 amide bonds. The van der Waals surface area contributed by atoms with Gasteiger partial charge in [-0.25, -0.2) is 4.79 Å². The Balaban J connectivity index is 1.85. The second-order valence-electron chi connectivity index (χ2n) is 7.34. The van der Waals surface area contributed by atoms with Gasteiger partial charge in [-0.2, -0.15) is 0 Å². The number of nitrogens with zero attached hydrogens (tertiary/aromatic N) is 2. The lowest BCUT2D eigenvalue weighted by Crippen LogP contribution is -2.87.